The number of hydrogen-bond acceptors (Lipinski definition) is 3. The van der Waals surface area contributed by atoms with Crippen molar-refractivity contribution in [2.24, 2.45) is 0 Å². The molecule has 20 heavy (non-hydrogen) atoms. The topological polar surface area (TPSA) is 82.2 Å². The van der Waals surface area contributed by atoms with Gasteiger partial charge in [0.1, 0.15) is 5.56 Å². The number of amides is 1. The van der Waals surface area contributed by atoms with Crippen LogP contribution in [0.5, 0.6) is 0 Å². The molecule has 104 valence electrons. The number of aliphatic hydroxyl groups excluding tert-OH is 1. The van der Waals surface area contributed by atoms with Gasteiger partial charge in [-0.2, -0.15) is 0 Å². The van der Waals surface area contributed by atoms with Gasteiger partial charge >= 0.3 is 0 Å². The van der Waals surface area contributed by atoms with Gasteiger partial charge in [-0.1, -0.05) is 18.2 Å². The molecule has 0 fully saturated rings. The monoisotopic (exact) mass is 272 g/mol. The van der Waals surface area contributed by atoms with Crippen LogP contribution in [-0.2, 0) is 0 Å². The van der Waals surface area contributed by atoms with Crippen molar-refractivity contribution in [1.29, 1.82) is 0 Å². The molecule has 5 heteroatoms. The number of carbonyl (C=O) groups excluding carboxylic acids is 1. The van der Waals surface area contributed by atoms with Gasteiger partial charge in [0, 0.05) is 29.2 Å². The molecule has 2 aromatic rings. The first kappa shape index (κ1) is 14.0. The summed E-state index contributed by atoms with van der Waals surface area (Å²) in [7, 11) is 0. The molecule has 1 atom stereocenters. The Labute approximate surface area is 116 Å². The van der Waals surface area contributed by atoms with Crippen LogP contribution in [0.1, 0.15) is 34.6 Å². The van der Waals surface area contributed by atoms with Gasteiger partial charge in [-0.15, -0.1) is 0 Å². The Bertz CT molecular complexity index is 690. The van der Waals surface area contributed by atoms with E-state index in [-0.39, 0.29) is 11.0 Å². The number of benzene rings is 1. The van der Waals surface area contributed by atoms with Crippen LogP contribution in [-0.4, -0.2) is 16.0 Å². The quantitative estimate of drug-likeness (QED) is 0.799. The Hall–Kier alpha value is -2.40. The van der Waals surface area contributed by atoms with Gasteiger partial charge in [0.25, 0.3) is 5.91 Å². The van der Waals surface area contributed by atoms with Crippen LogP contribution in [0.2, 0.25) is 0 Å². The van der Waals surface area contributed by atoms with E-state index in [1.165, 1.54) is 12.3 Å². The average Bonchev–Trinajstić information content (AvgIpc) is 2.38. The second kappa shape index (κ2) is 5.71. The number of aromatic amines is 1. The molecule has 0 aliphatic heterocycles. The number of aromatic nitrogens is 1. The van der Waals surface area contributed by atoms with E-state index >= 15 is 0 Å². The molecule has 1 unspecified atom stereocenters. The summed E-state index contributed by atoms with van der Waals surface area (Å²) in [6.07, 6.45) is 0.681. The van der Waals surface area contributed by atoms with Crippen molar-refractivity contribution in [3.63, 3.8) is 0 Å². The summed E-state index contributed by atoms with van der Waals surface area (Å²) in [6, 6.07) is 8.30. The number of pyridine rings is 1. The minimum atomic E-state index is -0.706. The van der Waals surface area contributed by atoms with Gasteiger partial charge in [0.15, 0.2) is 5.43 Å². The highest BCUT2D eigenvalue weighted by Crippen LogP contribution is 2.22. The normalized spacial score (nSPS) is 11.9. The third-order valence-electron chi connectivity index (χ3n) is 2.96. The molecule has 1 aromatic carbocycles. The second-order valence-corrected chi connectivity index (χ2v) is 4.61. The van der Waals surface area contributed by atoms with Gasteiger partial charge in [-0.3, -0.25) is 9.59 Å². The molecule has 0 radical (unpaired) electrons. The maximum absolute atomic E-state index is 12.1. The van der Waals surface area contributed by atoms with E-state index in [0.29, 0.717) is 16.9 Å². The van der Waals surface area contributed by atoms with Crippen molar-refractivity contribution in [3.8, 4) is 0 Å². The van der Waals surface area contributed by atoms with Crippen LogP contribution >= 0.6 is 0 Å². The predicted molar refractivity (Wildman–Crippen MR) is 76.8 cm³/mol. The summed E-state index contributed by atoms with van der Waals surface area (Å²) in [5, 5.41) is 12.3. The first-order chi connectivity index (χ1) is 9.49. The van der Waals surface area contributed by atoms with Crippen molar-refractivity contribution in [2.45, 2.75) is 20.0 Å². The molecule has 3 N–H and O–H groups in total. The number of anilines is 1. The minimum Gasteiger partial charge on any atom is -0.389 e. The Morgan fingerprint density at radius 3 is 2.70 bits per heavy atom. The Kier molecular flexibility index (Phi) is 4.00. The lowest BCUT2D eigenvalue weighted by atomic mass is 10.1. The number of aliphatic hydroxyl groups is 1. The zero-order valence-electron chi connectivity index (χ0n) is 11.3. The molecule has 0 saturated heterocycles. The van der Waals surface area contributed by atoms with E-state index < -0.39 is 12.0 Å². The average molecular weight is 272 g/mol. The molecule has 0 aliphatic carbocycles. The van der Waals surface area contributed by atoms with Gasteiger partial charge in [-0.25, -0.2) is 0 Å². The van der Waals surface area contributed by atoms with Crippen molar-refractivity contribution in [3.05, 3.63) is 63.6 Å². The molecule has 1 heterocycles. The Morgan fingerprint density at radius 2 is 2.05 bits per heavy atom. The summed E-state index contributed by atoms with van der Waals surface area (Å²) < 4.78 is 0. The van der Waals surface area contributed by atoms with Crippen LogP contribution in [0.25, 0.3) is 0 Å². The minimum absolute atomic E-state index is 0.0380. The lowest BCUT2D eigenvalue weighted by Gasteiger charge is -2.12. The fourth-order valence-corrected chi connectivity index (χ4v) is 1.92. The van der Waals surface area contributed by atoms with Crippen molar-refractivity contribution < 1.29 is 9.90 Å². The predicted octanol–water partition coefficient (Wildman–Crippen LogP) is 1.99. The van der Waals surface area contributed by atoms with Crippen LogP contribution in [0.3, 0.4) is 0 Å². The van der Waals surface area contributed by atoms with Crippen molar-refractivity contribution >= 4 is 11.6 Å². The van der Waals surface area contributed by atoms with Crippen LogP contribution in [0.15, 0.2) is 41.3 Å². The zero-order valence-corrected chi connectivity index (χ0v) is 11.3. The summed E-state index contributed by atoms with van der Waals surface area (Å²) in [5.74, 6) is -0.501. The summed E-state index contributed by atoms with van der Waals surface area (Å²) in [6.45, 7) is 3.36. The maximum atomic E-state index is 12.1. The van der Waals surface area contributed by atoms with Crippen molar-refractivity contribution in [1.82, 2.24) is 4.98 Å². The highest BCUT2D eigenvalue weighted by atomic mass is 16.3. The van der Waals surface area contributed by atoms with Crippen LogP contribution < -0.4 is 10.7 Å². The van der Waals surface area contributed by atoms with E-state index in [1.54, 1.807) is 38.1 Å². The lowest BCUT2D eigenvalue weighted by molar-refractivity contribution is 0.102. The van der Waals surface area contributed by atoms with E-state index in [9.17, 15) is 14.7 Å². The van der Waals surface area contributed by atoms with Gasteiger partial charge in [0.05, 0.1) is 6.10 Å². The fourth-order valence-electron chi connectivity index (χ4n) is 1.92. The Morgan fingerprint density at radius 1 is 1.35 bits per heavy atom. The third-order valence-corrected chi connectivity index (χ3v) is 2.96. The van der Waals surface area contributed by atoms with E-state index in [1.807, 2.05) is 0 Å². The number of H-pyrrole nitrogens is 1. The summed E-state index contributed by atoms with van der Waals surface area (Å²) in [4.78, 5) is 26.7. The number of hydrogen-bond donors (Lipinski definition) is 3. The number of nitrogens with one attached hydrogen (secondary N) is 2. The highest BCUT2D eigenvalue weighted by Gasteiger charge is 2.14. The molecule has 1 aromatic heterocycles. The highest BCUT2D eigenvalue weighted by molar-refractivity contribution is 6.04. The fraction of sp³-hybridized carbons (Fsp3) is 0.200. The lowest BCUT2D eigenvalue weighted by Crippen LogP contribution is -2.22. The Balaban J connectivity index is 2.31. The molecular formula is C15H16N2O3. The summed E-state index contributed by atoms with van der Waals surface area (Å²) >= 11 is 0. The molecule has 1 amide bonds. The van der Waals surface area contributed by atoms with E-state index in [4.69, 9.17) is 0 Å². The third kappa shape index (κ3) is 2.95. The maximum Gasteiger partial charge on any atom is 0.261 e. The smallest absolute Gasteiger partial charge is 0.261 e. The van der Waals surface area contributed by atoms with Crippen molar-refractivity contribution in [2.75, 3.05) is 5.32 Å². The zero-order chi connectivity index (χ0) is 14.7. The van der Waals surface area contributed by atoms with Gasteiger partial charge in [0.2, 0.25) is 0 Å². The first-order valence-electron chi connectivity index (χ1n) is 6.26. The number of rotatable bonds is 3. The van der Waals surface area contributed by atoms with Crippen LogP contribution in [0.4, 0.5) is 5.69 Å². The van der Waals surface area contributed by atoms with Gasteiger partial charge in [-0.05, 0) is 19.9 Å². The molecule has 0 saturated carbocycles. The number of aryl methyl sites for hydroxylation is 1. The van der Waals surface area contributed by atoms with Crippen LogP contribution in [0, 0.1) is 6.92 Å². The molecule has 0 aliphatic rings. The first-order valence-corrected chi connectivity index (χ1v) is 6.26. The number of carbonyl (C=O) groups is 1. The second-order valence-electron chi connectivity index (χ2n) is 4.61. The van der Waals surface area contributed by atoms with Gasteiger partial charge < -0.3 is 15.4 Å². The van der Waals surface area contributed by atoms with E-state index in [2.05, 4.69) is 10.3 Å². The van der Waals surface area contributed by atoms with E-state index in [0.717, 1.165) is 0 Å². The standard InChI is InChI=1S/C15H16N2O3/c1-9-7-14(19)12(8-16-9)15(20)17-13-6-4-3-5-11(13)10(2)18/h3-8,10,18H,1-2H3,(H,16,19)(H,17,20). The molecule has 2 rings (SSSR count). The molecule has 0 spiro atoms. The molecule has 5 nitrogen and oxygen atoms in total. The number of para-hydroxylation sites is 1. The summed E-state index contributed by atoms with van der Waals surface area (Å²) in [5.41, 5.74) is 1.48. The molecular weight excluding hydrogens is 256 g/mol. The molecule has 0 bridgehead atoms. The SMILES string of the molecule is Cc1cc(=O)c(C(=O)Nc2ccccc2C(C)O)c[nH]1. The largest absolute Gasteiger partial charge is 0.389 e.